The molecule has 0 rings (SSSR count). The van der Waals surface area contributed by atoms with Gasteiger partial charge in [0, 0.05) is 62.7 Å². The summed E-state index contributed by atoms with van der Waals surface area (Å²) in [5, 5.41) is 0. The van der Waals surface area contributed by atoms with Crippen LogP contribution in [-0.2, 0) is 17.1 Å². The van der Waals surface area contributed by atoms with Gasteiger partial charge in [-0.1, -0.05) is 0 Å². The molecule has 0 amide bonds. The minimum absolute atomic E-state index is 0. The Morgan fingerprint density at radius 2 is 1.00 bits per heavy atom. The van der Waals surface area contributed by atoms with Gasteiger partial charge in [-0.05, 0) is 0 Å². The molecule has 0 aromatic rings. The molecular formula is CAlFePSi. The van der Waals surface area contributed by atoms with E-state index in [2.05, 4.69) is 0 Å². The third-order valence-corrected chi connectivity index (χ3v) is 0. The van der Waals surface area contributed by atoms with E-state index in [4.69, 9.17) is 0 Å². The van der Waals surface area contributed by atoms with Gasteiger partial charge in [0.2, 0.25) is 0 Å². The zero-order chi connectivity index (χ0) is 0. The van der Waals surface area contributed by atoms with E-state index in [-0.39, 0.29) is 62.7 Å². The average Bonchev–Trinajstić information content (AvgIpc) is 0. The van der Waals surface area contributed by atoms with Crippen molar-refractivity contribution >= 4 is 38.2 Å². The van der Waals surface area contributed by atoms with E-state index >= 15 is 0 Å². The Labute approximate surface area is 62.7 Å². The number of rotatable bonds is 0. The van der Waals surface area contributed by atoms with Gasteiger partial charge in [0.15, 0.2) is 0 Å². The molecule has 4 heteroatoms. The van der Waals surface area contributed by atoms with Crippen molar-refractivity contribution in [3.63, 3.8) is 0 Å². The molecule has 0 bridgehead atoms. The van der Waals surface area contributed by atoms with Gasteiger partial charge in [-0.3, -0.25) is 0 Å². The van der Waals surface area contributed by atoms with Crippen LogP contribution in [0.15, 0.2) is 0 Å². The average molecular weight is 154 g/mol. The summed E-state index contributed by atoms with van der Waals surface area (Å²) in [6, 6.07) is 0. The van der Waals surface area contributed by atoms with Gasteiger partial charge in [-0.2, -0.15) is 0 Å². The molecule has 0 saturated carbocycles. The minimum atomic E-state index is 0. The van der Waals surface area contributed by atoms with E-state index < -0.39 is 0 Å². The molecule has 0 atom stereocenters. The molecule has 0 N–H and O–H groups in total. The second-order valence-corrected chi connectivity index (χ2v) is 0. The molecule has 0 saturated heterocycles. The summed E-state index contributed by atoms with van der Waals surface area (Å²) in [6.07, 6.45) is 0. The summed E-state index contributed by atoms with van der Waals surface area (Å²) in [7, 11) is 0. The molecule has 14 radical (unpaired) electrons. The van der Waals surface area contributed by atoms with Crippen molar-refractivity contribution in [1.82, 2.24) is 0 Å². The Morgan fingerprint density at radius 1 is 1.00 bits per heavy atom. The number of hydrogen-bond acceptors (Lipinski definition) is 0. The van der Waals surface area contributed by atoms with Gasteiger partial charge in [0.1, 0.15) is 0 Å². The van der Waals surface area contributed by atoms with Crippen LogP contribution in [0, 0.1) is 7.43 Å². The molecule has 24 valence electrons. The van der Waals surface area contributed by atoms with E-state index in [1.807, 2.05) is 0 Å². The van der Waals surface area contributed by atoms with Crippen LogP contribution >= 0.6 is 9.90 Å². The van der Waals surface area contributed by atoms with Crippen LogP contribution in [0.25, 0.3) is 0 Å². The second kappa shape index (κ2) is 43.6. The zero-order valence-corrected chi connectivity index (χ0v) is 6.53. The monoisotopic (exact) mass is 154 g/mol. The Balaban J connectivity index is 0. The van der Waals surface area contributed by atoms with Crippen molar-refractivity contribution < 1.29 is 17.1 Å². The van der Waals surface area contributed by atoms with Gasteiger partial charge >= 0.3 is 0 Å². The van der Waals surface area contributed by atoms with Crippen LogP contribution in [0.4, 0.5) is 0 Å². The molecule has 0 aromatic carbocycles. The van der Waals surface area contributed by atoms with Crippen molar-refractivity contribution in [2.75, 3.05) is 0 Å². The predicted molar refractivity (Wildman–Crippen MR) is 21.7 cm³/mol. The quantitative estimate of drug-likeness (QED) is 0.344. The summed E-state index contributed by atoms with van der Waals surface area (Å²) in [5.74, 6) is 0. The smallest absolute Gasteiger partial charge is 0 e. The molecular weight excluding hydrogens is 154 g/mol. The first kappa shape index (κ1) is 75.4. The fourth-order valence-corrected chi connectivity index (χ4v) is 0. The minimum Gasteiger partial charge on any atom is 0 e. The van der Waals surface area contributed by atoms with E-state index in [9.17, 15) is 0 Å². The van der Waals surface area contributed by atoms with E-state index in [0.717, 1.165) is 0 Å². The molecule has 0 aliphatic carbocycles. The largest absolute Gasteiger partial charge is 0 e. The first-order chi connectivity index (χ1) is 0. The summed E-state index contributed by atoms with van der Waals surface area (Å²) >= 11 is 0. The standard InChI is InChI=1S/C.Al.Fe.P.Si. The first-order valence-corrected chi connectivity index (χ1v) is 0. The normalized spacial score (nSPS) is 0. The van der Waals surface area contributed by atoms with E-state index in [1.54, 1.807) is 0 Å². The topological polar surface area (TPSA) is 0 Å². The fourth-order valence-electron chi connectivity index (χ4n) is 0. The van der Waals surface area contributed by atoms with Crippen molar-refractivity contribution in [3.05, 3.63) is 7.43 Å². The molecule has 0 aliphatic heterocycles. The molecule has 0 unspecified atom stereocenters. The van der Waals surface area contributed by atoms with Crippen molar-refractivity contribution in [3.8, 4) is 0 Å². The van der Waals surface area contributed by atoms with E-state index in [1.165, 1.54) is 0 Å². The van der Waals surface area contributed by atoms with Crippen LogP contribution in [-0.4, -0.2) is 28.3 Å². The number of hydrogen-bond donors (Lipinski definition) is 0. The van der Waals surface area contributed by atoms with Gasteiger partial charge in [0.25, 0.3) is 0 Å². The molecule has 0 nitrogen and oxygen atoms in total. The molecule has 5 heavy (non-hydrogen) atoms. The van der Waals surface area contributed by atoms with Crippen LogP contribution < -0.4 is 0 Å². The van der Waals surface area contributed by atoms with Crippen LogP contribution in [0.3, 0.4) is 0 Å². The predicted octanol–water partition coefficient (Wildman–Crippen LogP) is 0.178. The second-order valence-electron chi connectivity index (χ2n) is 0. The third kappa shape index (κ3) is 27.0. The Hall–Kier alpha value is 1.70. The van der Waals surface area contributed by atoms with Crippen molar-refractivity contribution in [2.45, 2.75) is 0 Å². The van der Waals surface area contributed by atoms with Crippen molar-refractivity contribution in [2.24, 2.45) is 0 Å². The Kier molecular flexibility index (Phi) is 657. The molecule has 0 heterocycles. The van der Waals surface area contributed by atoms with Crippen LogP contribution in [0.1, 0.15) is 0 Å². The Bertz CT molecular complexity index is 11.6. The Morgan fingerprint density at radius 3 is 1.00 bits per heavy atom. The van der Waals surface area contributed by atoms with E-state index in [0.29, 0.717) is 0 Å². The maximum atomic E-state index is 0. The van der Waals surface area contributed by atoms with Gasteiger partial charge in [0.05, 0.1) is 0 Å². The fraction of sp³-hybridized carbons (Fsp3) is 0. The maximum absolute atomic E-state index is 0. The van der Waals surface area contributed by atoms with Gasteiger partial charge < -0.3 is 0 Å². The summed E-state index contributed by atoms with van der Waals surface area (Å²) in [5.41, 5.74) is 0. The molecule has 0 aliphatic rings. The summed E-state index contributed by atoms with van der Waals surface area (Å²) in [6.45, 7) is 0. The molecule has 0 fully saturated rings. The van der Waals surface area contributed by atoms with Gasteiger partial charge in [-0.25, -0.2) is 0 Å². The first-order valence-electron chi connectivity index (χ1n) is 0. The van der Waals surface area contributed by atoms with Crippen molar-refractivity contribution in [1.29, 1.82) is 0 Å². The summed E-state index contributed by atoms with van der Waals surface area (Å²) < 4.78 is 0. The maximum Gasteiger partial charge on any atom is 0 e. The third-order valence-electron chi connectivity index (χ3n) is 0. The summed E-state index contributed by atoms with van der Waals surface area (Å²) in [4.78, 5) is 0. The molecule has 0 aromatic heterocycles. The van der Waals surface area contributed by atoms with Crippen LogP contribution in [0.5, 0.6) is 0 Å². The zero-order valence-electron chi connectivity index (χ0n) is 2.38. The SMILES string of the molecule is [Al].[C].[Fe].[P].[Si]. The van der Waals surface area contributed by atoms with Crippen LogP contribution in [0.2, 0.25) is 0 Å². The molecule has 0 spiro atoms. The van der Waals surface area contributed by atoms with Gasteiger partial charge in [-0.15, -0.1) is 0 Å².